The van der Waals surface area contributed by atoms with Gasteiger partial charge in [-0.25, -0.2) is 9.78 Å². The number of carbonyl (C=O) groups excluding carboxylic acids is 1. The second-order valence-corrected chi connectivity index (χ2v) is 9.31. The molecule has 0 aliphatic heterocycles. The van der Waals surface area contributed by atoms with Crippen LogP contribution in [0.5, 0.6) is 11.5 Å². The molecule has 0 N–H and O–H groups in total. The van der Waals surface area contributed by atoms with Crippen molar-refractivity contribution in [1.82, 2.24) is 9.66 Å². The standard InChI is InChI=1S/C22H20Br3N3O5/c1-5-17-27-15-7-6-13(23)9-14(15)21(29)28(17)26-10-12-8-16(31-3)20(19(25)18(12)24)33-11(2)22(30)32-4/h6-11H,5H2,1-4H3/t11-/m0/s1. The van der Waals surface area contributed by atoms with Crippen LogP contribution < -0.4 is 15.0 Å². The molecule has 1 atom stereocenters. The van der Waals surface area contributed by atoms with Crippen molar-refractivity contribution in [2.45, 2.75) is 26.4 Å². The minimum Gasteiger partial charge on any atom is -0.493 e. The minimum absolute atomic E-state index is 0.275. The minimum atomic E-state index is -0.847. The van der Waals surface area contributed by atoms with Crippen molar-refractivity contribution in [1.29, 1.82) is 0 Å². The molecule has 11 heteroatoms. The van der Waals surface area contributed by atoms with Crippen molar-refractivity contribution in [2.24, 2.45) is 5.10 Å². The largest absolute Gasteiger partial charge is 0.493 e. The van der Waals surface area contributed by atoms with Gasteiger partial charge in [0.15, 0.2) is 17.6 Å². The predicted octanol–water partition coefficient (Wildman–Crippen LogP) is 5.08. The van der Waals surface area contributed by atoms with Gasteiger partial charge in [0, 0.05) is 20.9 Å². The number of fused-ring (bicyclic) bond motifs is 1. The number of aromatic nitrogens is 2. The van der Waals surface area contributed by atoms with Crippen LogP contribution in [-0.2, 0) is 16.0 Å². The zero-order valence-electron chi connectivity index (χ0n) is 18.2. The number of benzene rings is 2. The van der Waals surface area contributed by atoms with Gasteiger partial charge in [-0.1, -0.05) is 22.9 Å². The van der Waals surface area contributed by atoms with E-state index in [1.165, 1.54) is 25.1 Å². The lowest BCUT2D eigenvalue weighted by Crippen LogP contribution is -2.25. The number of nitrogens with zero attached hydrogens (tertiary/aromatic N) is 3. The van der Waals surface area contributed by atoms with Crippen LogP contribution in [0.25, 0.3) is 10.9 Å². The Labute approximate surface area is 215 Å². The number of rotatable bonds is 7. The second-order valence-electron chi connectivity index (χ2n) is 6.81. The van der Waals surface area contributed by atoms with Gasteiger partial charge in [0.25, 0.3) is 5.56 Å². The van der Waals surface area contributed by atoms with Gasteiger partial charge in [0.2, 0.25) is 0 Å². The molecule has 174 valence electrons. The molecule has 0 radical (unpaired) electrons. The first-order valence-electron chi connectivity index (χ1n) is 9.77. The molecule has 0 unspecified atom stereocenters. The molecular formula is C22H20Br3N3O5. The monoisotopic (exact) mass is 643 g/mol. The average molecular weight is 646 g/mol. The van der Waals surface area contributed by atoms with E-state index in [9.17, 15) is 9.59 Å². The molecule has 33 heavy (non-hydrogen) atoms. The fourth-order valence-electron chi connectivity index (χ4n) is 3.01. The van der Waals surface area contributed by atoms with E-state index in [1.54, 1.807) is 25.1 Å². The molecular weight excluding hydrogens is 626 g/mol. The topological polar surface area (TPSA) is 92.0 Å². The number of hydrogen-bond acceptors (Lipinski definition) is 7. The van der Waals surface area contributed by atoms with Gasteiger partial charge >= 0.3 is 5.97 Å². The Hall–Kier alpha value is -2.24. The van der Waals surface area contributed by atoms with Gasteiger partial charge in [0.05, 0.1) is 35.8 Å². The molecule has 0 spiro atoms. The molecule has 0 fully saturated rings. The van der Waals surface area contributed by atoms with Crippen LogP contribution in [0.4, 0.5) is 0 Å². The van der Waals surface area contributed by atoms with Crippen LogP contribution in [0.15, 0.2) is 47.6 Å². The Kier molecular flexibility index (Phi) is 8.30. The van der Waals surface area contributed by atoms with Crippen LogP contribution in [0.3, 0.4) is 0 Å². The molecule has 3 rings (SSSR count). The zero-order valence-corrected chi connectivity index (χ0v) is 22.9. The molecule has 0 amide bonds. The van der Waals surface area contributed by atoms with E-state index in [2.05, 4.69) is 57.9 Å². The summed E-state index contributed by atoms with van der Waals surface area (Å²) in [6.07, 6.45) is 1.20. The fraction of sp³-hybridized carbons (Fsp3) is 0.273. The van der Waals surface area contributed by atoms with E-state index in [0.717, 1.165) is 4.47 Å². The Morgan fingerprint density at radius 3 is 2.58 bits per heavy atom. The number of esters is 1. The summed E-state index contributed by atoms with van der Waals surface area (Å²) in [7, 11) is 2.77. The van der Waals surface area contributed by atoms with E-state index in [4.69, 9.17) is 14.2 Å². The molecule has 3 aromatic rings. The van der Waals surface area contributed by atoms with Gasteiger partial charge in [-0.2, -0.15) is 9.78 Å². The second kappa shape index (κ2) is 10.8. The average Bonchev–Trinajstić information content (AvgIpc) is 2.81. The van der Waals surface area contributed by atoms with Crippen LogP contribution >= 0.6 is 47.8 Å². The first kappa shape index (κ1) is 25.4. The Morgan fingerprint density at radius 2 is 1.94 bits per heavy atom. The molecule has 0 saturated heterocycles. The number of aryl methyl sites for hydroxylation is 1. The number of halogens is 3. The van der Waals surface area contributed by atoms with E-state index in [0.29, 0.717) is 49.2 Å². The summed E-state index contributed by atoms with van der Waals surface area (Å²) in [6.45, 7) is 3.48. The van der Waals surface area contributed by atoms with Crippen LogP contribution in [-0.4, -0.2) is 42.2 Å². The smallest absolute Gasteiger partial charge is 0.346 e. The molecule has 0 saturated carbocycles. The Balaban J connectivity index is 2.08. The molecule has 2 aromatic carbocycles. The molecule has 0 aliphatic rings. The number of hydrogen-bond donors (Lipinski definition) is 0. The summed E-state index contributed by atoms with van der Waals surface area (Å²) in [5, 5.41) is 4.87. The number of ether oxygens (including phenoxy) is 3. The van der Waals surface area contributed by atoms with Crippen LogP contribution in [0.2, 0.25) is 0 Å². The highest BCUT2D eigenvalue weighted by molar-refractivity contribution is 9.13. The van der Waals surface area contributed by atoms with Gasteiger partial charge in [-0.05, 0) is 63.0 Å². The first-order chi connectivity index (χ1) is 15.7. The van der Waals surface area contributed by atoms with Crippen molar-refractivity contribution in [3.05, 3.63) is 59.4 Å². The van der Waals surface area contributed by atoms with Crippen LogP contribution in [0, 0.1) is 0 Å². The van der Waals surface area contributed by atoms with Crippen molar-refractivity contribution in [3.63, 3.8) is 0 Å². The predicted molar refractivity (Wildman–Crippen MR) is 137 cm³/mol. The maximum atomic E-state index is 13.1. The van der Waals surface area contributed by atoms with E-state index in [-0.39, 0.29) is 5.56 Å². The van der Waals surface area contributed by atoms with E-state index >= 15 is 0 Å². The number of methoxy groups -OCH3 is 2. The van der Waals surface area contributed by atoms with Gasteiger partial charge < -0.3 is 14.2 Å². The normalized spacial score (nSPS) is 12.2. The summed E-state index contributed by atoms with van der Waals surface area (Å²) in [4.78, 5) is 29.4. The highest BCUT2D eigenvalue weighted by Crippen LogP contribution is 2.42. The van der Waals surface area contributed by atoms with Crippen molar-refractivity contribution >= 4 is 70.9 Å². The van der Waals surface area contributed by atoms with Crippen molar-refractivity contribution in [2.75, 3.05) is 14.2 Å². The van der Waals surface area contributed by atoms with Gasteiger partial charge in [-0.3, -0.25) is 4.79 Å². The lowest BCUT2D eigenvalue weighted by Gasteiger charge is -2.18. The lowest BCUT2D eigenvalue weighted by atomic mass is 10.2. The lowest BCUT2D eigenvalue weighted by molar-refractivity contribution is -0.147. The summed E-state index contributed by atoms with van der Waals surface area (Å²) in [5.41, 5.74) is 0.946. The quantitative estimate of drug-likeness (QED) is 0.263. The molecule has 1 heterocycles. The Morgan fingerprint density at radius 1 is 1.21 bits per heavy atom. The van der Waals surface area contributed by atoms with E-state index < -0.39 is 12.1 Å². The molecule has 0 bridgehead atoms. The number of carbonyl (C=O) groups is 1. The van der Waals surface area contributed by atoms with Crippen molar-refractivity contribution < 1.29 is 19.0 Å². The molecule has 8 nitrogen and oxygen atoms in total. The maximum absolute atomic E-state index is 13.1. The fourth-order valence-corrected chi connectivity index (χ4v) is 4.29. The highest BCUT2D eigenvalue weighted by Gasteiger charge is 2.22. The molecule has 1 aromatic heterocycles. The third-order valence-corrected chi connectivity index (χ3v) is 7.34. The maximum Gasteiger partial charge on any atom is 0.346 e. The summed E-state index contributed by atoms with van der Waals surface area (Å²) in [6, 6.07) is 7.04. The molecule has 0 aliphatic carbocycles. The van der Waals surface area contributed by atoms with Gasteiger partial charge in [0.1, 0.15) is 5.82 Å². The first-order valence-corrected chi connectivity index (χ1v) is 12.2. The SMILES string of the molecule is CCc1nc2ccc(Br)cc2c(=O)n1N=Cc1cc(OC)c(O[C@@H](C)C(=O)OC)c(Br)c1Br. The third kappa shape index (κ3) is 5.30. The van der Waals surface area contributed by atoms with E-state index in [1.807, 2.05) is 13.0 Å². The zero-order chi connectivity index (χ0) is 24.3. The van der Waals surface area contributed by atoms with Crippen LogP contribution in [0.1, 0.15) is 25.2 Å². The summed E-state index contributed by atoms with van der Waals surface area (Å²) in [5.74, 6) is 0.696. The third-order valence-electron chi connectivity index (χ3n) is 4.71. The van der Waals surface area contributed by atoms with Gasteiger partial charge in [-0.15, -0.1) is 0 Å². The summed E-state index contributed by atoms with van der Waals surface area (Å²) < 4.78 is 19.1. The highest BCUT2D eigenvalue weighted by atomic mass is 79.9. The van der Waals surface area contributed by atoms with Crippen molar-refractivity contribution in [3.8, 4) is 11.5 Å². The Bertz CT molecular complexity index is 1310. The summed E-state index contributed by atoms with van der Waals surface area (Å²) >= 11 is 10.4.